The van der Waals surface area contributed by atoms with E-state index in [1.54, 1.807) is 6.07 Å². The number of nitrogens with one attached hydrogen (secondary N) is 1. The van der Waals surface area contributed by atoms with Gasteiger partial charge in [-0.1, -0.05) is 0 Å². The summed E-state index contributed by atoms with van der Waals surface area (Å²) in [5.74, 6) is -2.40. The lowest BCUT2D eigenvalue weighted by atomic mass is 10.2. The minimum atomic E-state index is -1.38. The minimum Gasteiger partial charge on any atom is -0.478 e. The van der Waals surface area contributed by atoms with E-state index in [1.807, 2.05) is 0 Å². The molecule has 0 aliphatic heterocycles. The van der Waals surface area contributed by atoms with E-state index in [4.69, 9.17) is 15.3 Å². The third-order valence-electron chi connectivity index (χ3n) is 2.54. The van der Waals surface area contributed by atoms with Crippen LogP contribution in [-0.2, 0) is 6.54 Å². The molecule has 20 heavy (non-hydrogen) atoms. The molecule has 7 heteroatoms. The monoisotopic (exact) mass is 278 g/mol. The molecule has 4 N–H and O–H groups in total. The molecule has 6 nitrogen and oxygen atoms in total. The third kappa shape index (κ3) is 2.83. The minimum absolute atomic E-state index is 0.0353. The molecule has 1 aromatic carbocycles. The quantitative estimate of drug-likeness (QED) is 0.791. The Morgan fingerprint density at radius 2 is 2.05 bits per heavy atom. The summed E-state index contributed by atoms with van der Waals surface area (Å²) in [4.78, 5) is 22.4. The largest absolute Gasteiger partial charge is 0.478 e. The van der Waals surface area contributed by atoms with Gasteiger partial charge >= 0.3 is 5.97 Å². The molecule has 0 radical (unpaired) electrons. The topological polar surface area (TPSA) is 106 Å². The lowest BCUT2D eigenvalue weighted by molar-refractivity contribution is 0.0692. The Bertz CT molecular complexity index is 666. The number of benzene rings is 1. The molecule has 0 saturated carbocycles. The summed E-state index contributed by atoms with van der Waals surface area (Å²) >= 11 is 0. The maximum atomic E-state index is 13.4. The maximum Gasteiger partial charge on any atom is 0.338 e. The van der Waals surface area contributed by atoms with Gasteiger partial charge in [0.15, 0.2) is 5.76 Å². The molecule has 0 atom stereocenters. The summed E-state index contributed by atoms with van der Waals surface area (Å²) < 4.78 is 18.6. The van der Waals surface area contributed by atoms with Crippen LogP contribution in [0.3, 0.4) is 0 Å². The van der Waals surface area contributed by atoms with Crippen LogP contribution in [0.1, 0.15) is 26.7 Å². The first-order valence-corrected chi connectivity index (χ1v) is 5.64. The van der Waals surface area contributed by atoms with Crippen LogP contribution in [0.15, 0.2) is 34.7 Å². The lowest BCUT2D eigenvalue weighted by Crippen LogP contribution is -2.12. The average Bonchev–Trinajstić information content (AvgIpc) is 2.87. The highest BCUT2D eigenvalue weighted by atomic mass is 19.1. The predicted molar refractivity (Wildman–Crippen MR) is 67.9 cm³/mol. The number of carboxylic acid groups (broad SMARTS) is 1. The van der Waals surface area contributed by atoms with Gasteiger partial charge in [0, 0.05) is 5.69 Å². The highest BCUT2D eigenvalue weighted by Crippen LogP contribution is 2.16. The van der Waals surface area contributed by atoms with Crippen molar-refractivity contribution in [1.29, 1.82) is 0 Å². The number of carbonyl (C=O) groups is 2. The van der Waals surface area contributed by atoms with E-state index in [0.29, 0.717) is 5.76 Å². The first-order valence-electron chi connectivity index (χ1n) is 5.64. The lowest BCUT2D eigenvalue weighted by Gasteiger charge is -2.04. The zero-order valence-electron chi connectivity index (χ0n) is 10.2. The van der Waals surface area contributed by atoms with E-state index in [1.165, 1.54) is 12.1 Å². The predicted octanol–water partition coefficient (Wildman–Crippen LogP) is 1.83. The van der Waals surface area contributed by atoms with Gasteiger partial charge in [0.05, 0.1) is 12.1 Å². The fourth-order valence-corrected chi connectivity index (χ4v) is 1.57. The van der Waals surface area contributed by atoms with Gasteiger partial charge < -0.3 is 20.6 Å². The van der Waals surface area contributed by atoms with Crippen LogP contribution in [0.2, 0.25) is 0 Å². The van der Waals surface area contributed by atoms with Crippen LogP contribution >= 0.6 is 0 Å². The van der Waals surface area contributed by atoms with Gasteiger partial charge in [-0.2, -0.15) is 0 Å². The van der Waals surface area contributed by atoms with Crippen molar-refractivity contribution in [3.63, 3.8) is 0 Å². The van der Waals surface area contributed by atoms with Crippen molar-refractivity contribution in [2.24, 2.45) is 5.73 Å². The van der Waals surface area contributed by atoms with Crippen LogP contribution in [0.4, 0.5) is 10.1 Å². The summed E-state index contributed by atoms with van der Waals surface area (Å²) in [6.45, 7) is 0.162. The van der Waals surface area contributed by atoms with Crippen LogP contribution in [0, 0.1) is 5.82 Å². The second-order valence-corrected chi connectivity index (χ2v) is 3.92. The van der Waals surface area contributed by atoms with Gasteiger partial charge in [-0.3, -0.25) is 4.79 Å². The Balaban J connectivity index is 2.15. The number of hydrogen-bond acceptors (Lipinski definition) is 4. The van der Waals surface area contributed by atoms with Gasteiger partial charge in [-0.25, -0.2) is 9.18 Å². The average molecular weight is 278 g/mol. The first-order chi connectivity index (χ1) is 9.51. The normalized spacial score (nSPS) is 10.3. The molecule has 2 rings (SSSR count). The van der Waals surface area contributed by atoms with E-state index in [9.17, 15) is 14.0 Å². The van der Waals surface area contributed by atoms with Gasteiger partial charge in [0.1, 0.15) is 11.6 Å². The number of halogens is 1. The number of furan rings is 1. The Morgan fingerprint density at radius 3 is 2.60 bits per heavy atom. The Hall–Kier alpha value is -2.67. The van der Waals surface area contributed by atoms with Crippen molar-refractivity contribution >= 4 is 17.6 Å². The number of nitrogens with two attached hydrogens (primary N) is 1. The van der Waals surface area contributed by atoms with E-state index >= 15 is 0 Å². The number of carbonyl (C=O) groups excluding carboxylic acids is 1. The smallest absolute Gasteiger partial charge is 0.338 e. The molecule has 1 amide bonds. The second kappa shape index (κ2) is 5.54. The summed E-state index contributed by atoms with van der Waals surface area (Å²) in [6.07, 6.45) is 0. The Kier molecular flexibility index (Phi) is 3.81. The zero-order valence-corrected chi connectivity index (χ0v) is 10.2. The number of hydrogen-bond donors (Lipinski definition) is 3. The fraction of sp³-hybridized carbons (Fsp3) is 0.0769. The molecule has 104 valence electrons. The molecule has 0 unspecified atom stereocenters. The number of anilines is 1. The molecule has 1 aromatic heterocycles. The highest BCUT2D eigenvalue weighted by molar-refractivity contribution is 6.02. The van der Waals surface area contributed by atoms with Crippen LogP contribution in [0.25, 0.3) is 0 Å². The molecule has 0 spiro atoms. The number of rotatable bonds is 4. The van der Waals surface area contributed by atoms with Crippen LogP contribution < -0.4 is 11.1 Å². The van der Waals surface area contributed by atoms with Gasteiger partial charge in [-0.05, 0) is 30.3 Å². The van der Waals surface area contributed by atoms with Crippen molar-refractivity contribution in [3.8, 4) is 0 Å². The Morgan fingerprint density at radius 1 is 1.30 bits per heavy atom. The van der Waals surface area contributed by atoms with E-state index in [-0.39, 0.29) is 18.0 Å². The molecule has 0 fully saturated rings. The van der Waals surface area contributed by atoms with Crippen molar-refractivity contribution < 1.29 is 23.5 Å². The molecular weight excluding hydrogens is 267 g/mol. The van der Waals surface area contributed by atoms with Crippen molar-refractivity contribution in [3.05, 3.63) is 53.2 Å². The third-order valence-corrected chi connectivity index (χ3v) is 2.54. The summed E-state index contributed by atoms with van der Waals surface area (Å²) in [7, 11) is 0. The maximum absolute atomic E-state index is 13.4. The number of carboxylic acids is 1. The summed E-state index contributed by atoms with van der Waals surface area (Å²) in [5.41, 5.74) is 5.01. The number of aromatic carboxylic acids is 1. The van der Waals surface area contributed by atoms with E-state index in [2.05, 4.69) is 5.32 Å². The zero-order chi connectivity index (χ0) is 14.7. The van der Waals surface area contributed by atoms with Crippen molar-refractivity contribution in [2.75, 3.05) is 5.32 Å². The van der Waals surface area contributed by atoms with Gasteiger partial charge in [-0.15, -0.1) is 0 Å². The summed E-state index contributed by atoms with van der Waals surface area (Å²) in [6, 6.07) is 6.29. The molecule has 0 aliphatic rings. The molecular formula is C13H11FN2O4. The SMILES string of the molecule is NCc1ccc(C(=O)Nc2ccc(C(=O)O)c(F)c2)o1. The van der Waals surface area contributed by atoms with Crippen LogP contribution in [-0.4, -0.2) is 17.0 Å². The first kappa shape index (κ1) is 13.8. The second-order valence-electron chi connectivity index (χ2n) is 3.92. The van der Waals surface area contributed by atoms with Gasteiger partial charge in [0.2, 0.25) is 0 Å². The molecule has 2 aromatic rings. The molecule has 1 heterocycles. The van der Waals surface area contributed by atoms with Crippen LogP contribution in [0.5, 0.6) is 0 Å². The molecule has 0 aliphatic carbocycles. The van der Waals surface area contributed by atoms with Gasteiger partial charge in [0.25, 0.3) is 5.91 Å². The highest BCUT2D eigenvalue weighted by Gasteiger charge is 2.14. The number of amides is 1. The van der Waals surface area contributed by atoms with Crippen molar-refractivity contribution in [2.45, 2.75) is 6.54 Å². The van der Waals surface area contributed by atoms with Crippen molar-refractivity contribution in [1.82, 2.24) is 0 Å². The van der Waals surface area contributed by atoms with E-state index in [0.717, 1.165) is 12.1 Å². The summed E-state index contributed by atoms with van der Waals surface area (Å²) in [5, 5.41) is 11.1. The Labute approximate surface area is 113 Å². The fourth-order valence-electron chi connectivity index (χ4n) is 1.57. The van der Waals surface area contributed by atoms with E-state index < -0.39 is 23.3 Å². The standard InChI is InChI=1S/C13H11FN2O4/c14-10-5-7(1-3-9(10)13(18)19)16-12(17)11-4-2-8(6-15)20-11/h1-5H,6,15H2,(H,16,17)(H,18,19). The molecule has 0 bridgehead atoms. The molecule has 0 saturated heterocycles.